The molecule has 0 aliphatic carbocycles. The largest absolute Gasteiger partial charge is 0.493 e. The summed E-state index contributed by atoms with van der Waals surface area (Å²) in [6, 6.07) is 11.2. The van der Waals surface area contributed by atoms with Crippen LogP contribution in [0.4, 0.5) is 0 Å². The average Bonchev–Trinajstić information content (AvgIpc) is 2.92. The first-order valence-electron chi connectivity index (χ1n) is 13.6. The maximum absolute atomic E-state index is 13.4. The number of nitrogens with one attached hydrogen (secondary N) is 2. The van der Waals surface area contributed by atoms with Crippen LogP contribution in [0.15, 0.2) is 49.1 Å². The Labute approximate surface area is 252 Å². The summed E-state index contributed by atoms with van der Waals surface area (Å²) in [5, 5.41) is 5.74. The van der Waals surface area contributed by atoms with E-state index in [0.29, 0.717) is 42.1 Å². The van der Waals surface area contributed by atoms with Gasteiger partial charge in [0.15, 0.2) is 0 Å². The molecule has 3 rings (SSSR count). The number of ether oxygens (including phenoxy) is 1. The van der Waals surface area contributed by atoms with Crippen molar-refractivity contribution in [2.45, 2.75) is 46.4 Å². The zero-order valence-electron chi connectivity index (χ0n) is 23.9. The molecule has 1 saturated heterocycles. The second kappa shape index (κ2) is 15.8. The molecular weight excluding hydrogens is 565 g/mol. The quantitative estimate of drug-likeness (QED) is 0.180. The van der Waals surface area contributed by atoms with Gasteiger partial charge in [-0.3, -0.25) is 25.1 Å². The van der Waals surface area contributed by atoms with E-state index < -0.39 is 6.17 Å². The molecule has 1 fully saturated rings. The van der Waals surface area contributed by atoms with Gasteiger partial charge in [0.25, 0.3) is 0 Å². The molecule has 3 amide bonds. The normalized spacial score (nSPS) is 15.4. The summed E-state index contributed by atoms with van der Waals surface area (Å²) in [6.45, 7) is 11.7. The highest BCUT2D eigenvalue weighted by molar-refractivity contribution is 6.42. The SMILES string of the molecule is C=CCN(CC(=O)N1CC(=O)N(Cc2cccc(OCCC(C)C)c2C)CC1NCc1ccc(Cl)c(Cl)c1)NC=O. The Morgan fingerprint density at radius 2 is 2.02 bits per heavy atom. The van der Waals surface area contributed by atoms with Gasteiger partial charge in [-0.1, -0.05) is 61.3 Å². The van der Waals surface area contributed by atoms with E-state index in [1.54, 1.807) is 23.1 Å². The lowest BCUT2D eigenvalue weighted by Gasteiger charge is -2.42. The van der Waals surface area contributed by atoms with Crippen molar-refractivity contribution < 1.29 is 19.1 Å². The summed E-state index contributed by atoms with van der Waals surface area (Å²) in [6.07, 6.45) is 2.55. The van der Waals surface area contributed by atoms with Crippen molar-refractivity contribution in [3.8, 4) is 5.75 Å². The van der Waals surface area contributed by atoms with Crippen LogP contribution in [0, 0.1) is 12.8 Å². The van der Waals surface area contributed by atoms with Crippen LogP contribution >= 0.6 is 23.2 Å². The number of hydrogen-bond acceptors (Lipinski definition) is 6. The van der Waals surface area contributed by atoms with Crippen molar-refractivity contribution in [3.63, 3.8) is 0 Å². The van der Waals surface area contributed by atoms with Crippen molar-refractivity contribution in [2.24, 2.45) is 5.92 Å². The molecule has 2 aromatic rings. The predicted molar refractivity (Wildman–Crippen MR) is 161 cm³/mol. The molecule has 1 aliphatic rings. The molecule has 41 heavy (non-hydrogen) atoms. The number of carbonyl (C=O) groups is 3. The summed E-state index contributed by atoms with van der Waals surface area (Å²) in [4.78, 5) is 41.0. The van der Waals surface area contributed by atoms with E-state index in [0.717, 1.165) is 28.9 Å². The second-order valence-corrected chi connectivity index (χ2v) is 11.2. The molecule has 2 aromatic carbocycles. The van der Waals surface area contributed by atoms with Crippen LogP contribution in [-0.2, 0) is 27.5 Å². The Morgan fingerprint density at radius 3 is 2.71 bits per heavy atom. The second-order valence-electron chi connectivity index (χ2n) is 10.4. The molecule has 11 heteroatoms. The van der Waals surface area contributed by atoms with Gasteiger partial charge in [0, 0.05) is 19.6 Å². The fourth-order valence-corrected chi connectivity index (χ4v) is 4.81. The standard InChI is InChI=1S/C30H39Cl2N5O4/c1-5-12-36(34-20-38)18-30(40)37-19-29(39)35(17-28(37)33-15-23-9-10-25(31)26(32)14-23)16-24-7-6-8-27(22(24)4)41-13-11-21(2)3/h5-10,14,20-21,28,33H,1,11-13,15-19H2,2-4H3,(H,34,38). The molecule has 2 N–H and O–H groups in total. The molecule has 1 heterocycles. The van der Waals surface area contributed by atoms with Crippen molar-refractivity contribution in [3.05, 3.63) is 75.8 Å². The number of hydrazine groups is 1. The van der Waals surface area contributed by atoms with Gasteiger partial charge >= 0.3 is 0 Å². The average molecular weight is 605 g/mol. The van der Waals surface area contributed by atoms with E-state index in [1.165, 1.54) is 9.91 Å². The molecule has 0 radical (unpaired) electrons. The number of halogens is 2. The fourth-order valence-electron chi connectivity index (χ4n) is 4.48. The highest BCUT2D eigenvalue weighted by atomic mass is 35.5. The van der Waals surface area contributed by atoms with E-state index in [9.17, 15) is 14.4 Å². The Kier molecular flexibility index (Phi) is 12.5. The Balaban J connectivity index is 1.79. The van der Waals surface area contributed by atoms with Gasteiger partial charge in [0.1, 0.15) is 18.5 Å². The number of rotatable bonds is 15. The number of hydrogen-bond donors (Lipinski definition) is 2. The van der Waals surface area contributed by atoms with Crippen LogP contribution in [0.25, 0.3) is 0 Å². The smallest absolute Gasteiger partial charge is 0.242 e. The van der Waals surface area contributed by atoms with E-state index in [1.807, 2.05) is 31.2 Å². The van der Waals surface area contributed by atoms with E-state index in [2.05, 4.69) is 31.2 Å². The van der Waals surface area contributed by atoms with Gasteiger partial charge in [-0.05, 0) is 54.2 Å². The Morgan fingerprint density at radius 1 is 1.24 bits per heavy atom. The van der Waals surface area contributed by atoms with Crippen molar-refractivity contribution >= 4 is 41.4 Å². The summed E-state index contributed by atoms with van der Waals surface area (Å²) in [5.41, 5.74) is 5.36. The van der Waals surface area contributed by atoms with E-state index in [4.69, 9.17) is 27.9 Å². The Hall–Kier alpha value is -3.11. The molecular formula is C30H39Cl2N5O4. The summed E-state index contributed by atoms with van der Waals surface area (Å²) in [7, 11) is 0. The lowest BCUT2D eigenvalue weighted by Crippen LogP contribution is -2.63. The van der Waals surface area contributed by atoms with Gasteiger partial charge in [0.2, 0.25) is 18.2 Å². The van der Waals surface area contributed by atoms with Crippen LogP contribution in [0.5, 0.6) is 5.75 Å². The van der Waals surface area contributed by atoms with Crippen molar-refractivity contribution in [1.29, 1.82) is 0 Å². The van der Waals surface area contributed by atoms with Crippen LogP contribution < -0.4 is 15.5 Å². The van der Waals surface area contributed by atoms with Gasteiger partial charge in [-0.15, -0.1) is 6.58 Å². The number of benzene rings is 2. The molecule has 0 saturated carbocycles. The molecule has 0 spiro atoms. The molecule has 1 atom stereocenters. The van der Waals surface area contributed by atoms with Crippen LogP contribution in [-0.4, -0.2) is 72.0 Å². The molecule has 1 aliphatic heterocycles. The minimum absolute atomic E-state index is 0.107. The predicted octanol–water partition coefficient (Wildman–Crippen LogP) is 4.16. The summed E-state index contributed by atoms with van der Waals surface area (Å²) in [5.74, 6) is 0.873. The molecule has 9 nitrogen and oxygen atoms in total. The number of amides is 3. The lowest BCUT2D eigenvalue weighted by molar-refractivity contribution is -0.152. The van der Waals surface area contributed by atoms with E-state index in [-0.39, 0.29) is 38.0 Å². The van der Waals surface area contributed by atoms with Crippen LogP contribution in [0.2, 0.25) is 10.0 Å². The minimum atomic E-state index is -0.484. The molecule has 0 bridgehead atoms. The monoisotopic (exact) mass is 603 g/mol. The molecule has 1 unspecified atom stereocenters. The third kappa shape index (κ3) is 9.46. The van der Waals surface area contributed by atoms with Gasteiger partial charge in [-0.2, -0.15) is 0 Å². The minimum Gasteiger partial charge on any atom is -0.493 e. The van der Waals surface area contributed by atoms with E-state index >= 15 is 0 Å². The van der Waals surface area contributed by atoms with Crippen molar-refractivity contribution in [2.75, 3.05) is 32.8 Å². The first kappa shape index (κ1) is 32.4. The third-order valence-corrected chi connectivity index (χ3v) is 7.63. The lowest BCUT2D eigenvalue weighted by atomic mass is 10.1. The van der Waals surface area contributed by atoms with Crippen LogP contribution in [0.1, 0.15) is 37.0 Å². The third-order valence-electron chi connectivity index (χ3n) is 6.90. The van der Waals surface area contributed by atoms with Gasteiger partial charge in [0.05, 0.1) is 29.7 Å². The molecule has 222 valence electrons. The fraction of sp³-hybridized carbons (Fsp3) is 0.433. The first-order chi connectivity index (χ1) is 19.6. The number of carbonyl (C=O) groups excluding carboxylic acids is 3. The van der Waals surface area contributed by atoms with Crippen molar-refractivity contribution in [1.82, 2.24) is 25.6 Å². The molecule has 0 aromatic heterocycles. The maximum Gasteiger partial charge on any atom is 0.242 e. The highest BCUT2D eigenvalue weighted by Crippen LogP contribution is 2.25. The highest BCUT2D eigenvalue weighted by Gasteiger charge is 2.35. The first-order valence-corrected chi connectivity index (χ1v) is 14.4. The Bertz CT molecular complexity index is 1220. The maximum atomic E-state index is 13.4. The van der Waals surface area contributed by atoms with Crippen LogP contribution in [0.3, 0.4) is 0 Å². The van der Waals surface area contributed by atoms with Gasteiger partial charge < -0.3 is 14.5 Å². The number of piperazine rings is 1. The zero-order chi connectivity index (χ0) is 29.9. The zero-order valence-corrected chi connectivity index (χ0v) is 25.4. The summed E-state index contributed by atoms with van der Waals surface area (Å²) >= 11 is 12.3. The topological polar surface area (TPSA) is 94.2 Å². The summed E-state index contributed by atoms with van der Waals surface area (Å²) < 4.78 is 6.02. The number of nitrogens with zero attached hydrogens (tertiary/aromatic N) is 3. The van der Waals surface area contributed by atoms with Gasteiger partial charge in [-0.25, -0.2) is 5.01 Å².